The zero-order chi connectivity index (χ0) is 10.7. The van der Waals surface area contributed by atoms with E-state index in [1.807, 2.05) is 6.07 Å². The van der Waals surface area contributed by atoms with Crippen molar-refractivity contribution in [2.75, 3.05) is 6.54 Å². The van der Waals surface area contributed by atoms with Crippen LogP contribution in [-0.4, -0.2) is 13.0 Å². The van der Waals surface area contributed by atoms with Crippen molar-refractivity contribution in [3.8, 4) is 0 Å². The van der Waals surface area contributed by atoms with E-state index in [0.717, 1.165) is 12.0 Å². The van der Waals surface area contributed by atoms with E-state index < -0.39 is 6.43 Å². The van der Waals surface area contributed by atoms with E-state index in [1.165, 1.54) is 24.0 Å². The lowest BCUT2D eigenvalue weighted by molar-refractivity contribution is 0.145. The molecule has 3 heteroatoms. The lowest BCUT2D eigenvalue weighted by Crippen LogP contribution is -2.20. The Morgan fingerprint density at radius 2 is 2.00 bits per heavy atom. The van der Waals surface area contributed by atoms with E-state index in [9.17, 15) is 8.78 Å². The van der Waals surface area contributed by atoms with Crippen LogP contribution in [0.5, 0.6) is 0 Å². The predicted octanol–water partition coefficient (Wildman–Crippen LogP) is 2.53. The summed E-state index contributed by atoms with van der Waals surface area (Å²) in [4.78, 5) is 0. The minimum absolute atomic E-state index is 0.225. The summed E-state index contributed by atoms with van der Waals surface area (Å²) in [5.74, 6) is 0. The van der Waals surface area contributed by atoms with Crippen LogP contribution in [-0.2, 0) is 19.4 Å². The first-order valence-electron chi connectivity index (χ1n) is 5.35. The molecule has 0 fully saturated rings. The molecule has 2 rings (SSSR count). The van der Waals surface area contributed by atoms with Gasteiger partial charge in [0.1, 0.15) is 0 Å². The van der Waals surface area contributed by atoms with E-state index in [4.69, 9.17) is 0 Å². The van der Waals surface area contributed by atoms with Crippen LogP contribution in [0.25, 0.3) is 0 Å². The van der Waals surface area contributed by atoms with Crippen LogP contribution < -0.4 is 5.32 Å². The van der Waals surface area contributed by atoms with E-state index in [0.29, 0.717) is 6.54 Å². The molecule has 0 aliphatic heterocycles. The summed E-state index contributed by atoms with van der Waals surface area (Å²) in [6.07, 6.45) is 1.26. The van der Waals surface area contributed by atoms with Crippen molar-refractivity contribution in [1.82, 2.24) is 5.32 Å². The van der Waals surface area contributed by atoms with Crippen LogP contribution >= 0.6 is 0 Å². The van der Waals surface area contributed by atoms with Crippen LogP contribution in [0.2, 0.25) is 0 Å². The second kappa shape index (κ2) is 4.71. The normalized spacial score (nSPS) is 14.6. The number of hydrogen-bond acceptors (Lipinski definition) is 1. The average Bonchev–Trinajstić information content (AvgIpc) is 2.64. The zero-order valence-corrected chi connectivity index (χ0v) is 8.60. The van der Waals surface area contributed by atoms with E-state index in [-0.39, 0.29) is 6.54 Å². The Morgan fingerprint density at radius 3 is 2.80 bits per heavy atom. The molecular weight excluding hydrogens is 196 g/mol. The van der Waals surface area contributed by atoms with Gasteiger partial charge in [-0.15, -0.1) is 0 Å². The quantitative estimate of drug-likeness (QED) is 0.807. The molecule has 0 amide bonds. The Bertz CT molecular complexity index is 336. The molecule has 0 atom stereocenters. The molecule has 0 spiro atoms. The Labute approximate surface area is 88.5 Å². The highest BCUT2D eigenvalue weighted by atomic mass is 19.3. The van der Waals surface area contributed by atoms with Gasteiger partial charge in [-0.3, -0.25) is 0 Å². The van der Waals surface area contributed by atoms with Crippen LogP contribution in [0, 0.1) is 0 Å². The molecule has 1 N–H and O–H groups in total. The van der Waals surface area contributed by atoms with E-state index in [2.05, 4.69) is 17.4 Å². The summed E-state index contributed by atoms with van der Waals surface area (Å²) < 4.78 is 23.8. The smallest absolute Gasteiger partial charge is 0.250 e. The maximum absolute atomic E-state index is 11.9. The standard InChI is InChI=1S/C12H15F2N/c13-12(14)8-15-7-9-4-5-10-2-1-3-11(10)6-9/h4-6,12,15H,1-3,7-8H2. The monoisotopic (exact) mass is 211 g/mol. The molecule has 0 bridgehead atoms. The fourth-order valence-electron chi connectivity index (χ4n) is 2.06. The minimum atomic E-state index is -2.26. The Balaban J connectivity index is 1.92. The van der Waals surface area contributed by atoms with E-state index in [1.54, 1.807) is 0 Å². The third-order valence-electron chi connectivity index (χ3n) is 2.79. The van der Waals surface area contributed by atoms with Crippen molar-refractivity contribution in [2.24, 2.45) is 0 Å². The van der Waals surface area contributed by atoms with Crippen LogP contribution in [0.4, 0.5) is 8.78 Å². The maximum atomic E-state index is 11.9. The van der Waals surface area contributed by atoms with Crippen LogP contribution in [0.1, 0.15) is 23.1 Å². The summed E-state index contributed by atoms with van der Waals surface area (Å²) in [5, 5.41) is 2.74. The molecule has 0 heterocycles. The number of nitrogens with one attached hydrogen (secondary N) is 1. The molecule has 0 unspecified atom stereocenters. The number of fused-ring (bicyclic) bond motifs is 1. The average molecular weight is 211 g/mol. The van der Waals surface area contributed by atoms with Gasteiger partial charge < -0.3 is 5.32 Å². The van der Waals surface area contributed by atoms with Gasteiger partial charge in [-0.25, -0.2) is 8.78 Å². The highest BCUT2D eigenvalue weighted by Gasteiger charge is 2.10. The van der Waals surface area contributed by atoms with Gasteiger partial charge in [0, 0.05) is 6.54 Å². The lowest BCUT2D eigenvalue weighted by Gasteiger charge is -2.06. The third-order valence-corrected chi connectivity index (χ3v) is 2.79. The van der Waals surface area contributed by atoms with Crippen molar-refractivity contribution in [2.45, 2.75) is 32.2 Å². The number of benzene rings is 1. The lowest BCUT2D eigenvalue weighted by atomic mass is 10.1. The minimum Gasteiger partial charge on any atom is -0.307 e. The van der Waals surface area contributed by atoms with Gasteiger partial charge >= 0.3 is 0 Å². The first-order valence-corrected chi connectivity index (χ1v) is 5.35. The molecule has 1 aromatic carbocycles. The number of aryl methyl sites for hydroxylation is 2. The summed E-state index contributed by atoms with van der Waals surface area (Å²) >= 11 is 0. The Kier molecular flexibility index (Phi) is 3.31. The first kappa shape index (κ1) is 10.6. The van der Waals surface area contributed by atoms with Gasteiger partial charge in [0.15, 0.2) is 0 Å². The summed E-state index contributed by atoms with van der Waals surface area (Å²) in [5.41, 5.74) is 3.93. The van der Waals surface area contributed by atoms with Gasteiger partial charge in [0.25, 0.3) is 6.43 Å². The largest absolute Gasteiger partial charge is 0.307 e. The Hall–Kier alpha value is -0.960. The number of rotatable bonds is 4. The molecule has 82 valence electrons. The molecule has 0 aromatic heterocycles. The molecule has 0 radical (unpaired) electrons. The highest BCUT2D eigenvalue weighted by Crippen LogP contribution is 2.22. The maximum Gasteiger partial charge on any atom is 0.250 e. The third kappa shape index (κ3) is 2.75. The molecule has 1 aliphatic rings. The molecule has 0 saturated heterocycles. The number of halogens is 2. The topological polar surface area (TPSA) is 12.0 Å². The van der Waals surface area contributed by atoms with Crippen molar-refractivity contribution >= 4 is 0 Å². The zero-order valence-electron chi connectivity index (χ0n) is 8.60. The molecular formula is C12H15F2N. The van der Waals surface area contributed by atoms with E-state index >= 15 is 0 Å². The molecule has 1 aliphatic carbocycles. The summed E-state index contributed by atoms with van der Waals surface area (Å²) in [6.45, 7) is 0.314. The van der Waals surface area contributed by atoms with Crippen molar-refractivity contribution in [3.05, 3.63) is 34.9 Å². The van der Waals surface area contributed by atoms with Gasteiger partial charge in [0.2, 0.25) is 0 Å². The SMILES string of the molecule is FC(F)CNCc1ccc2c(c1)CCC2. The number of alkyl halides is 2. The fraction of sp³-hybridized carbons (Fsp3) is 0.500. The van der Waals surface area contributed by atoms with Gasteiger partial charge in [-0.05, 0) is 36.0 Å². The molecule has 0 saturated carbocycles. The second-order valence-corrected chi connectivity index (χ2v) is 3.98. The second-order valence-electron chi connectivity index (χ2n) is 3.98. The molecule has 1 nitrogen and oxygen atoms in total. The highest BCUT2D eigenvalue weighted by molar-refractivity contribution is 5.35. The molecule has 15 heavy (non-hydrogen) atoms. The summed E-state index contributed by atoms with van der Waals surface area (Å²) in [6, 6.07) is 6.30. The van der Waals surface area contributed by atoms with Gasteiger partial charge in [-0.2, -0.15) is 0 Å². The van der Waals surface area contributed by atoms with Crippen molar-refractivity contribution in [3.63, 3.8) is 0 Å². The van der Waals surface area contributed by atoms with Crippen LogP contribution in [0.3, 0.4) is 0 Å². The van der Waals surface area contributed by atoms with Crippen molar-refractivity contribution in [1.29, 1.82) is 0 Å². The Morgan fingerprint density at radius 1 is 1.20 bits per heavy atom. The summed E-state index contributed by atoms with van der Waals surface area (Å²) in [7, 11) is 0. The number of hydrogen-bond donors (Lipinski definition) is 1. The van der Waals surface area contributed by atoms with Gasteiger partial charge in [0.05, 0.1) is 6.54 Å². The van der Waals surface area contributed by atoms with Gasteiger partial charge in [-0.1, -0.05) is 18.2 Å². The fourth-order valence-corrected chi connectivity index (χ4v) is 2.06. The molecule has 1 aromatic rings. The predicted molar refractivity (Wildman–Crippen MR) is 56.2 cm³/mol. The van der Waals surface area contributed by atoms with Crippen molar-refractivity contribution < 1.29 is 8.78 Å². The van der Waals surface area contributed by atoms with Crippen LogP contribution in [0.15, 0.2) is 18.2 Å². The first-order chi connectivity index (χ1) is 7.25.